The van der Waals surface area contributed by atoms with Gasteiger partial charge in [0.1, 0.15) is 0 Å². The minimum absolute atomic E-state index is 0.363. The molecule has 0 radical (unpaired) electrons. The van der Waals surface area contributed by atoms with Crippen LogP contribution in [0, 0.1) is 0 Å². The first kappa shape index (κ1) is 23.7. The van der Waals surface area contributed by atoms with Gasteiger partial charge in [-0.25, -0.2) is 0 Å². The lowest BCUT2D eigenvalue weighted by Crippen LogP contribution is -1.83. The molecule has 1 nitrogen and oxygen atoms in total. The summed E-state index contributed by atoms with van der Waals surface area (Å²) in [4.78, 5) is 0. The number of hydrogen-bond donors (Lipinski definition) is 1. The maximum Gasteiger partial charge on any atom is 0.0431 e. The number of hydrogen-bond acceptors (Lipinski definition) is 1. The zero-order valence-electron chi connectivity index (χ0n) is 16.7. The van der Waals surface area contributed by atoms with E-state index in [1.807, 2.05) is 0 Å². The summed E-state index contributed by atoms with van der Waals surface area (Å²) in [5.74, 6) is 0. The van der Waals surface area contributed by atoms with Crippen LogP contribution in [-0.4, -0.2) is 11.7 Å². The summed E-state index contributed by atoms with van der Waals surface area (Å²) >= 11 is 0. The van der Waals surface area contributed by atoms with Crippen molar-refractivity contribution < 1.29 is 5.11 Å². The molecule has 1 heteroatoms. The molecule has 0 unspecified atom stereocenters. The van der Waals surface area contributed by atoms with Crippen molar-refractivity contribution in [2.75, 3.05) is 6.61 Å². The van der Waals surface area contributed by atoms with Crippen molar-refractivity contribution in [2.24, 2.45) is 0 Å². The number of rotatable bonds is 20. The Kier molecular flexibility index (Phi) is 22.4. The first-order valence-corrected chi connectivity index (χ1v) is 11.2. The van der Waals surface area contributed by atoms with Crippen molar-refractivity contribution in [3.8, 4) is 0 Å². The topological polar surface area (TPSA) is 20.2 Å². The van der Waals surface area contributed by atoms with Gasteiger partial charge in [-0.2, -0.15) is 0 Å². The van der Waals surface area contributed by atoms with Crippen LogP contribution in [-0.2, 0) is 0 Å². The van der Waals surface area contributed by atoms with Crippen LogP contribution in [0.3, 0.4) is 0 Å². The molecule has 0 aromatic rings. The number of allylic oxidation sites excluding steroid dienone is 2. The van der Waals surface area contributed by atoms with Crippen molar-refractivity contribution >= 4 is 0 Å². The predicted molar refractivity (Wildman–Crippen MR) is 110 cm³/mol. The Morgan fingerprint density at radius 3 is 1.17 bits per heavy atom. The molecule has 0 heterocycles. The average Bonchev–Trinajstić information content (AvgIpc) is 2.60. The second-order valence-corrected chi connectivity index (χ2v) is 7.43. The van der Waals surface area contributed by atoms with Gasteiger partial charge in [0.25, 0.3) is 0 Å². The minimum atomic E-state index is 0.363. The summed E-state index contributed by atoms with van der Waals surface area (Å²) in [6.45, 7) is 2.65. The molecule has 1 N–H and O–H groups in total. The highest BCUT2D eigenvalue weighted by molar-refractivity contribution is 4.81. The third kappa shape index (κ3) is 21.7. The lowest BCUT2D eigenvalue weighted by molar-refractivity contribution is 0.282. The van der Waals surface area contributed by atoms with Crippen LogP contribution in [0.4, 0.5) is 0 Å². The molecule has 24 heavy (non-hydrogen) atoms. The van der Waals surface area contributed by atoms with E-state index in [4.69, 9.17) is 5.11 Å². The van der Waals surface area contributed by atoms with Gasteiger partial charge in [-0.3, -0.25) is 0 Å². The van der Waals surface area contributed by atoms with E-state index in [0.717, 1.165) is 6.42 Å². The normalized spacial score (nSPS) is 11.6. The van der Waals surface area contributed by atoms with Gasteiger partial charge in [0, 0.05) is 6.61 Å². The Bertz CT molecular complexity index is 234. The van der Waals surface area contributed by atoms with E-state index in [2.05, 4.69) is 19.1 Å². The van der Waals surface area contributed by atoms with Crippen molar-refractivity contribution in [2.45, 2.75) is 129 Å². The van der Waals surface area contributed by atoms with Gasteiger partial charge >= 0.3 is 0 Å². The molecule has 0 saturated carbocycles. The zero-order valence-corrected chi connectivity index (χ0v) is 16.7. The third-order valence-electron chi connectivity index (χ3n) is 4.92. The fourth-order valence-electron chi connectivity index (χ4n) is 3.24. The summed E-state index contributed by atoms with van der Waals surface area (Å²) < 4.78 is 0. The van der Waals surface area contributed by atoms with E-state index in [1.54, 1.807) is 0 Å². The Morgan fingerprint density at radius 2 is 0.792 bits per heavy atom. The second kappa shape index (κ2) is 22.7. The van der Waals surface area contributed by atoms with Crippen LogP contribution in [0.15, 0.2) is 12.2 Å². The largest absolute Gasteiger partial charge is 0.396 e. The van der Waals surface area contributed by atoms with Gasteiger partial charge < -0.3 is 5.11 Å². The standard InChI is InChI=1S/C23H46O/c1-2-3-4-5-6-7-8-9-10-11-12-13-14-15-16-17-18-19-20-21-22-23-24/h14-15,24H,2-13,16-23H2,1H3/b15-14-. The molecule has 0 bridgehead atoms. The Labute approximate surface area is 153 Å². The molecular weight excluding hydrogens is 292 g/mol. The van der Waals surface area contributed by atoms with Crippen molar-refractivity contribution in [1.82, 2.24) is 0 Å². The maximum atomic E-state index is 8.71. The first-order chi connectivity index (χ1) is 11.9. The van der Waals surface area contributed by atoms with E-state index in [1.165, 1.54) is 116 Å². The summed E-state index contributed by atoms with van der Waals surface area (Å²) in [6.07, 6.45) is 30.6. The van der Waals surface area contributed by atoms with Crippen molar-refractivity contribution in [3.05, 3.63) is 12.2 Å². The van der Waals surface area contributed by atoms with E-state index in [9.17, 15) is 0 Å². The van der Waals surface area contributed by atoms with E-state index in [-0.39, 0.29) is 0 Å². The highest BCUT2D eigenvalue weighted by atomic mass is 16.2. The number of unbranched alkanes of at least 4 members (excludes halogenated alkanes) is 17. The summed E-state index contributed by atoms with van der Waals surface area (Å²) in [6, 6.07) is 0. The number of aliphatic hydroxyl groups is 1. The molecule has 144 valence electrons. The van der Waals surface area contributed by atoms with Gasteiger partial charge in [0.05, 0.1) is 0 Å². The molecule has 0 aliphatic rings. The maximum absolute atomic E-state index is 8.71. The van der Waals surface area contributed by atoms with Gasteiger partial charge in [-0.1, -0.05) is 109 Å². The first-order valence-electron chi connectivity index (χ1n) is 11.2. The van der Waals surface area contributed by atoms with Crippen LogP contribution in [0.2, 0.25) is 0 Å². The molecule has 0 fully saturated rings. The summed E-state index contributed by atoms with van der Waals surface area (Å²) in [5, 5.41) is 8.71. The molecule has 0 aromatic heterocycles. The van der Waals surface area contributed by atoms with Crippen LogP contribution in [0.5, 0.6) is 0 Å². The molecule has 0 aliphatic heterocycles. The molecule has 0 spiro atoms. The van der Waals surface area contributed by atoms with Crippen molar-refractivity contribution in [1.29, 1.82) is 0 Å². The van der Waals surface area contributed by atoms with Gasteiger partial charge in [-0.15, -0.1) is 0 Å². The zero-order chi connectivity index (χ0) is 17.6. The monoisotopic (exact) mass is 338 g/mol. The van der Waals surface area contributed by atoms with Crippen LogP contribution >= 0.6 is 0 Å². The minimum Gasteiger partial charge on any atom is -0.396 e. The summed E-state index contributed by atoms with van der Waals surface area (Å²) in [7, 11) is 0. The van der Waals surface area contributed by atoms with Crippen molar-refractivity contribution in [3.63, 3.8) is 0 Å². The SMILES string of the molecule is CCCCCCCCCCCCC/C=C\CCCCCCCCO. The molecule has 0 aromatic carbocycles. The highest BCUT2D eigenvalue weighted by Gasteiger charge is 1.93. The van der Waals surface area contributed by atoms with Crippen LogP contribution < -0.4 is 0 Å². The van der Waals surface area contributed by atoms with Gasteiger partial charge in [0.2, 0.25) is 0 Å². The lowest BCUT2D eigenvalue weighted by Gasteiger charge is -2.01. The molecule has 0 atom stereocenters. The van der Waals surface area contributed by atoms with Crippen LogP contribution in [0.1, 0.15) is 129 Å². The molecule has 0 amide bonds. The molecule has 0 aliphatic carbocycles. The van der Waals surface area contributed by atoms with Gasteiger partial charge in [0.15, 0.2) is 0 Å². The molecular formula is C23H46O. The third-order valence-corrected chi connectivity index (χ3v) is 4.92. The van der Waals surface area contributed by atoms with E-state index in [0.29, 0.717) is 6.61 Å². The van der Waals surface area contributed by atoms with Gasteiger partial charge in [-0.05, 0) is 32.1 Å². The van der Waals surface area contributed by atoms with E-state index < -0.39 is 0 Å². The predicted octanol–water partition coefficient (Wildman–Crippen LogP) is 7.97. The molecule has 0 saturated heterocycles. The fraction of sp³-hybridized carbons (Fsp3) is 0.913. The number of aliphatic hydroxyl groups excluding tert-OH is 1. The van der Waals surface area contributed by atoms with E-state index >= 15 is 0 Å². The quantitative estimate of drug-likeness (QED) is 0.176. The Balaban J connectivity index is 3.03. The molecule has 0 rings (SSSR count). The second-order valence-electron chi connectivity index (χ2n) is 7.43. The van der Waals surface area contributed by atoms with Crippen LogP contribution in [0.25, 0.3) is 0 Å². The highest BCUT2D eigenvalue weighted by Crippen LogP contribution is 2.12. The smallest absolute Gasteiger partial charge is 0.0431 e. The Morgan fingerprint density at radius 1 is 0.458 bits per heavy atom. The Hall–Kier alpha value is -0.300. The average molecular weight is 339 g/mol. The summed E-state index contributed by atoms with van der Waals surface area (Å²) in [5.41, 5.74) is 0. The fourth-order valence-corrected chi connectivity index (χ4v) is 3.24. The lowest BCUT2D eigenvalue weighted by atomic mass is 10.0.